The Morgan fingerprint density at radius 1 is 1.29 bits per heavy atom. The first kappa shape index (κ1) is 16.0. The Morgan fingerprint density at radius 3 is 2.18 bits per heavy atom. The number of esters is 1. The second-order valence-electron chi connectivity index (χ2n) is 5.30. The standard InChI is InChI=1S/C13H24O4/c1-7-8-16-10(9(2)3)11(14)17-12(15)13(4,5)6/h12,15H,7-8H2,1-6H3. The fraction of sp³-hybridized carbons (Fsp3) is 0.769. The van der Waals surface area contributed by atoms with Gasteiger partial charge in [-0.1, -0.05) is 27.7 Å². The van der Waals surface area contributed by atoms with Crippen LogP contribution < -0.4 is 0 Å². The number of allylic oxidation sites excluding steroid dienone is 1. The monoisotopic (exact) mass is 244 g/mol. The zero-order valence-corrected chi connectivity index (χ0v) is 11.7. The van der Waals surface area contributed by atoms with E-state index in [9.17, 15) is 9.90 Å². The fourth-order valence-electron chi connectivity index (χ4n) is 0.943. The highest BCUT2D eigenvalue weighted by Crippen LogP contribution is 2.21. The molecule has 0 spiro atoms. The molecule has 0 amide bonds. The summed E-state index contributed by atoms with van der Waals surface area (Å²) in [6.45, 7) is 11.3. The van der Waals surface area contributed by atoms with Crippen LogP contribution in [0.4, 0.5) is 0 Å². The molecule has 0 radical (unpaired) electrons. The van der Waals surface area contributed by atoms with Crippen LogP contribution in [0.3, 0.4) is 0 Å². The summed E-state index contributed by atoms with van der Waals surface area (Å²) in [5, 5.41) is 9.69. The Labute approximate surface area is 104 Å². The van der Waals surface area contributed by atoms with Gasteiger partial charge in [0.05, 0.1) is 6.61 Å². The zero-order chi connectivity index (χ0) is 13.6. The smallest absolute Gasteiger partial charge is 0.375 e. The second-order valence-corrected chi connectivity index (χ2v) is 5.30. The Kier molecular flexibility index (Phi) is 6.24. The minimum absolute atomic E-state index is 0.190. The molecule has 0 heterocycles. The Morgan fingerprint density at radius 2 is 1.82 bits per heavy atom. The third-order valence-corrected chi connectivity index (χ3v) is 2.05. The van der Waals surface area contributed by atoms with Crippen LogP contribution in [-0.2, 0) is 14.3 Å². The van der Waals surface area contributed by atoms with Gasteiger partial charge in [-0.05, 0) is 25.8 Å². The molecule has 4 nitrogen and oxygen atoms in total. The number of aliphatic hydroxyl groups excluding tert-OH is 1. The summed E-state index contributed by atoms with van der Waals surface area (Å²) in [5.41, 5.74) is 0.234. The molecule has 17 heavy (non-hydrogen) atoms. The molecule has 1 atom stereocenters. The Bertz CT molecular complexity index is 282. The van der Waals surface area contributed by atoms with Gasteiger partial charge in [-0.25, -0.2) is 4.79 Å². The normalized spacial score (nSPS) is 12.9. The number of ether oxygens (including phenoxy) is 2. The molecule has 0 saturated heterocycles. The quantitative estimate of drug-likeness (QED) is 0.349. The van der Waals surface area contributed by atoms with Crippen LogP contribution >= 0.6 is 0 Å². The Balaban J connectivity index is 4.62. The molecule has 100 valence electrons. The van der Waals surface area contributed by atoms with Gasteiger partial charge in [0, 0.05) is 5.41 Å². The first-order valence-electron chi connectivity index (χ1n) is 5.89. The van der Waals surface area contributed by atoms with Crippen molar-refractivity contribution in [2.75, 3.05) is 6.61 Å². The molecule has 1 N–H and O–H groups in total. The van der Waals surface area contributed by atoms with Gasteiger partial charge in [0.2, 0.25) is 12.0 Å². The number of carbonyl (C=O) groups excluding carboxylic acids is 1. The van der Waals surface area contributed by atoms with Crippen molar-refractivity contribution in [3.8, 4) is 0 Å². The van der Waals surface area contributed by atoms with Gasteiger partial charge in [0.25, 0.3) is 0 Å². The number of hydrogen-bond donors (Lipinski definition) is 1. The highest BCUT2D eigenvalue weighted by atomic mass is 16.6. The molecule has 0 fully saturated rings. The van der Waals surface area contributed by atoms with E-state index < -0.39 is 17.7 Å². The van der Waals surface area contributed by atoms with E-state index >= 15 is 0 Å². The molecule has 0 aliphatic rings. The van der Waals surface area contributed by atoms with Crippen molar-refractivity contribution < 1.29 is 19.4 Å². The van der Waals surface area contributed by atoms with Gasteiger partial charge < -0.3 is 14.6 Å². The average molecular weight is 244 g/mol. The fourth-order valence-corrected chi connectivity index (χ4v) is 0.943. The number of aliphatic hydroxyl groups is 1. The molecule has 0 aromatic rings. The van der Waals surface area contributed by atoms with Gasteiger partial charge in [-0.2, -0.15) is 0 Å². The van der Waals surface area contributed by atoms with Crippen LogP contribution in [0, 0.1) is 5.41 Å². The number of rotatable bonds is 5. The lowest BCUT2D eigenvalue weighted by atomic mass is 9.96. The van der Waals surface area contributed by atoms with Crippen LogP contribution in [0.2, 0.25) is 0 Å². The van der Waals surface area contributed by atoms with Gasteiger partial charge >= 0.3 is 5.97 Å². The van der Waals surface area contributed by atoms with Gasteiger partial charge in [0.15, 0.2) is 0 Å². The first-order chi connectivity index (χ1) is 7.70. The molecule has 1 unspecified atom stereocenters. The average Bonchev–Trinajstić information content (AvgIpc) is 2.16. The molecule has 0 aromatic heterocycles. The summed E-state index contributed by atoms with van der Waals surface area (Å²) in [7, 11) is 0. The molecule has 0 aliphatic carbocycles. The van der Waals surface area contributed by atoms with E-state index in [-0.39, 0.29) is 5.76 Å². The third-order valence-electron chi connectivity index (χ3n) is 2.05. The van der Waals surface area contributed by atoms with Crippen molar-refractivity contribution in [1.82, 2.24) is 0 Å². The van der Waals surface area contributed by atoms with E-state index in [0.29, 0.717) is 6.61 Å². The van der Waals surface area contributed by atoms with Crippen molar-refractivity contribution in [2.24, 2.45) is 5.41 Å². The zero-order valence-electron chi connectivity index (χ0n) is 11.7. The van der Waals surface area contributed by atoms with E-state index in [0.717, 1.165) is 12.0 Å². The molecule has 4 heteroatoms. The maximum Gasteiger partial charge on any atom is 0.375 e. The van der Waals surface area contributed by atoms with E-state index in [1.807, 2.05) is 6.92 Å². The molecular formula is C13H24O4. The summed E-state index contributed by atoms with van der Waals surface area (Å²) in [5.74, 6) is -0.420. The maximum absolute atomic E-state index is 11.8. The predicted molar refractivity (Wildman–Crippen MR) is 66.2 cm³/mol. The van der Waals surface area contributed by atoms with Crippen LogP contribution in [0.25, 0.3) is 0 Å². The SMILES string of the molecule is CCCOC(C(=O)OC(O)C(C)(C)C)=C(C)C. The first-order valence-corrected chi connectivity index (χ1v) is 5.89. The van der Waals surface area contributed by atoms with Crippen molar-refractivity contribution in [3.05, 3.63) is 11.3 Å². The molecule has 0 rings (SSSR count). The Hall–Kier alpha value is -1.03. The van der Waals surface area contributed by atoms with Crippen molar-refractivity contribution in [3.63, 3.8) is 0 Å². The lowest BCUT2D eigenvalue weighted by Gasteiger charge is -2.25. The maximum atomic E-state index is 11.8. The number of hydrogen-bond acceptors (Lipinski definition) is 4. The van der Waals surface area contributed by atoms with E-state index in [1.165, 1.54) is 0 Å². The highest BCUT2D eigenvalue weighted by molar-refractivity contribution is 5.87. The molecule has 0 aromatic carbocycles. The third kappa shape index (κ3) is 5.73. The van der Waals surface area contributed by atoms with Gasteiger partial charge in [-0.3, -0.25) is 0 Å². The van der Waals surface area contributed by atoms with E-state index in [1.54, 1.807) is 34.6 Å². The highest BCUT2D eigenvalue weighted by Gasteiger charge is 2.28. The van der Waals surface area contributed by atoms with E-state index in [4.69, 9.17) is 9.47 Å². The molecular weight excluding hydrogens is 220 g/mol. The van der Waals surface area contributed by atoms with Crippen LogP contribution in [0.1, 0.15) is 48.0 Å². The number of carbonyl (C=O) groups is 1. The molecule has 0 aliphatic heterocycles. The minimum Gasteiger partial charge on any atom is -0.487 e. The summed E-state index contributed by atoms with van der Waals surface area (Å²) in [6.07, 6.45) is -0.333. The predicted octanol–water partition coefficient (Wildman–Crippen LogP) is 2.61. The van der Waals surface area contributed by atoms with Gasteiger partial charge in [-0.15, -0.1) is 0 Å². The lowest BCUT2D eigenvalue weighted by Crippen LogP contribution is -2.32. The van der Waals surface area contributed by atoms with Crippen molar-refractivity contribution in [1.29, 1.82) is 0 Å². The summed E-state index contributed by atoms with van der Waals surface area (Å²) >= 11 is 0. The summed E-state index contributed by atoms with van der Waals surface area (Å²) in [6, 6.07) is 0. The topological polar surface area (TPSA) is 55.8 Å². The largest absolute Gasteiger partial charge is 0.487 e. The lowest BCUT2D eigenvalue weighted by molar-refractivity contribution is -0.185. The van der Waals surface area contributed by atoms with Crippen LogP contribution in [0.5, 0.6) is 0 Å². The van der Waals surface area contributed by atoms with Crippen LogP contribution in [0.15, 0.2) is 11.3 Å². The summed E-state index contributed by atoms with van der Waals surface area (Å²) in [4.78, 5) is 11.8. The minimum atomic E-state index is -1.14. The van der Waals surface area contributed by atoms with E-state index in [2.05, 4.69) is 0 Å². The molecule has 0 saturated carbocycles. The van der Waals surface area contributed by atoms with Crippen molar-refractivity contribution in [2.45, 2.75) is 54.3 Å². The molecule has 0 bridgehead atoms. The second kappa shape index (κ2) is 6.64. The van der Waals surface area contributed by atoms with Crippen LogP contribution in [-0.4, -0.2) is 24.0 Å². The summed E-state index contributed by atoms with van der Waals surface area (Å²) < 4.78 is 10.3. The van der Waals surface area contributed by atoms with Crippen molar-refractivity contribution >= 4 is 5.97 Å². The van der Waals surface area contributed by atoms with Gasteiger partial charge in [0.1, 0.15) is 0 Å².